The summed E-state index contributed by atoms with van der Waals surface area (Å²) in [6, 6.07) is 18.4. The van der Waals surface area contributed by atoms with E-state index in [2.05, 4.69) is 40.3 Å². The number of aromatic amines is 1. The summed E-state index contributed by atoms with van der Waals surface area (Å²) < 4.78 is 5.95. The Bertz CT molecular complexity index is 1260. The lowest BCUT2D eigenvalue weighted by Crippen LogP contribution is -2.32. The van der Waals surface area contributed by atoms with Gasteiger partial charge in [0.25, 0.3) is 5.91 Å². The fraction of sp³-hybridized carbons (Fsp3) is 0.200. The van der Waals surface area contributed by atoms with Crippen molar-refractivity contribution in [2.45, 2.75) is 20.4 Å². The molecule has 5 rings (SSSR count). The van der Waals surface area contributed by atoms with Crippen molar-refractivity contribution >= 4 is 16.9 Å². The normalized spacial score (nSPS) is 13.6. The van der Waals surface area contributed by atoms with E-state index in [1.807, 2.05) is 43.0 Å². The Labute approximate surface area is 175 Å². The van der Waals surface area contributed by atoms with Crippen molar-refractivity contribution in [3.8, 4) is 16.9 Å². The maximum Gasteiger partial charge on any atom is 0.254 e. The molecule has 1 aliphatic rings. The van der Waals surface area contributed by atoms with Crippen molar-refractivity contribution in [2.24, 2.45) is 0 Å². The van der Waals surface area contributed by atoms with Crippen LogP contribution < -0.4 is 4.74 Å². The highest BCUT2D eigenvalue weighted by atomic mass is 16.5. The maximum absolute atomic E-state index is 13.2. The van der Waals surface area contributed by atoms with Crippen molar-refractivity contribution in [3.63, 3.8) is 0 Å². The van der Waals surface area contributed by atoms with E-state index in [4.69, 9.17) is 4.74 Å². The Balaban J connectivity index is 1.47. The maximum atomic E-state index is 13.2. The Kier molecular flexibility index (Phi) is 4.51. The van der Waals surface area contributed by atoms with Crippen LogP contribution in [0.3, 0.4) is 0 Å². The second-order valence-corrected chi connectivity index (χ2v) is 7.85. The van der Waals surface area contributed by atoms with Gasteiger partial charge in [-0.3, -0.25) is 4.79 Å². The first-order valence-electron chi connectivity index (χ1n) is 10.1. The lowest BCUT2D eigenvalue weighted by atomic mass is 10.0. The van der Waals surface area contributed by atoms with Gasteiger partial charge < -0.3 is 14.6 Å². The lowest BCUT2D eigenvalue weighted by molar-refractivity contribution is 0.0732. The molecule has 3 aromatic carbocycles. The highest BCUT2D eigenvalue weighted by molar-refractivity contribution is 5.95. The number of nitrogens with zero attached hydrogens (tertiary/aromatic N) is 2. The van der Waals surface area contributed by atoms with E-state index in [1.165, 1.54) is 0 Å². The highest BCUT2D eigenvalue weighted by Crippen LogP contribution is 2.31. The van der Waals surface area contributed by atoms with Crippen molar-refractivity contribution in [1.29, 1.82) is 0 Å². The van der Waals surface area contributed by atoms with Crippen LogP contribution in [0.5, 0.6) is 5.75 Å². The number of hydrogen-bond donors (Lipinski definition) is 1. The molecular formula is C25H23N3O2. The number of imidazole rings is 1. The number of fused-ring (bicyclic) bond motifs is 2. The van der Waals surface area contributed by atoms with Gasteiger partial charge in [0.1, 0.15) is 12.4 Å². The van der Waals surface area contributed by atoms with E-state index in [0.717, 1.165) is 50.2 Å². The monoisotopic (exact) mass is 397 g/mol. The number of rotatable bonds is 2. The first kappa shape index (κ1) is 18.4. The molecular weight excluding hydrogens is 374 g/mol. The zero-order chi connectivity index (χ0) is 20.7. The quantitative estimate of drug-likeness (QED) is 0.524. The Morgan fingerprint density at radius 2 is 1.87 bits per heavy atom. The SMILES string of the molecule is Cc1ccc(C(=O)N2CCOc3ccc(-c4ccc5nc[nH]c5c4)cc3C2)c(C)c1. The summed E-state index contributed by atoms with van der Waals surface area (Å²) in [5.41, 5.74) is 8.09. The molecule has 1 N–H and O–H groups in total. The van der Waals surface area contributed by atoms with E-state index < -0.39 is 0 Å². The fourth-order valence-corrected chi connectivity index (χ4v) is 4.09. The van der Waals surface area contributed by atoms with Crippen LogP contribution in [-0.4, -0.2) is 33.9 Å². The summed E-state index contributed by atoms with van der Waals surface area (Å²) in [6.07, 6.45) is 1.70. The summed E-state index contributed by atoms with van der Waals surface area (Å²) in [5, 5.41) is 0. The second kappa shape index (κ2) is 7.34. The third-order valence-electron chi connectivity index (χ3n) is 5.69. The number of ether oxygens (including phenoxy) is 1. The van der Waals surface area contributed by atoms with Crippen LogP contribution in [0.4, 0.5) is 0 Å². The number of amides is 1. The molecule has 1 aliphatic heterocycles. The van der Waals surface area contributed by atoms with Crippen LogP contribution in [0.25, 0.3) is 22.2 Å². The van der Waals surface area contributed by atoms with Gasteiger partial charge >= 0.3 is 0 Å². The molecule has 0 saturated heterocycles. The molecule has 0 unspecified atom stereocenters. The molecule has 2 heterocycles. The van der Waals surface area contributed by atoms with Gasteiger partial charge in [-0.1, -0.05) is 29.8 Å². The molecule has 0 atom stereocenters. The van der Waals surface area contributed by atoms with Crippen LogP contribution in [-0.2, 0) is 6.54 Å². The van der Waals surface area contributed by atoms with Crippen LogP contribution >= 0.6 is 0 Å². The van der Waals surface area contributed by atoms with E-state index in [9.17, 15) is 4.79 Å². The lowest BCUT2D eigenvalue weighted by Gasteiger charge is -2.21. The van der Waals surface area contributed by atoms with Gasteiger partial charge in [-0.2, -0.15) is 0 Å². The largest absolute Gasteiger partial charge is 0.491 e. The minimum atomic E-state index is 0.0493. The first-order valence-corrected chi connectivity index (χ1v) is 10.1. The number of aromatic nitrogens is 2. The van der Waals surface area contributed by atoms with Gasteiger partial charge in [-0.05, 0) is 60.9 Å². The van der Waals surface area contributed by atoms with Gasteiger partial charge in [-0.25, -0.2) is 4.98 Å². The molecule has 5 nitrogen and oxygen atoms in total. The van der Waals surface area contributed by atoms with Crippen molar-refractivity contribution < 1.29 is 9.53 Å². The summed E-state index contributed by atoms with van der Waals surface area (Å²) in [4.78, 5) is 22.6. The molecule has 1 amide bonds. The summed E-state index contributed by atoms with van der Waals surface area (Å²) in [5.74, 6) is 0.894. The van der Waals surface area contributed by atoms with Crippen LogP contribution in [0, 0.1) is 13.8 Å². The smallest absolute Gasteiger partial charge is 0.254 e. The van der Waals surface area contributed by atoms with Gasteiger partial charge in [-0.15, -0.1) is 0 Å². The number of benzene rings is 3. The van der Waals surface area contributed by atoms with Crippen LogP contribution in [0.1, 0.15) is 27.0 Å². The molecule has 1 aromatic heterocycles. The zero-order valence-corrected chi connectivity index (χ0v) is 17.1. The Morgan fingerprint density at radius 1 is 1.03 bits per heavy atom. The van der Waals surface area contributed by atoms with Gasteiger partial charge in [0.2, 0.25) is 0 Å². The number of aryl methyl sites for hydroxylation is 2. The second-order valence-electron chi connectivity index (χ2n) is 7.85. The molecule has 150 valence electrons. The first-order chi connectivity index (χ1) is 14.6. The molecule has 0 spiro atoms. The molecule has 5 heteroatoms. The van der Waals surface area contributed by atoms with E-state index in [-0.39, 0.29) is 5.91 Å². The third kappa shape index (κ3) is 3.32. The van der Waals surface area contributed by atoms with Gasteiger partial charge in [0.05, 0.1) is 23.9 Å². The van der Waals surface area contributed by atoms with Crippen molar-refractivity contribution in [3.05, 3.63) is 83.2 Å². The predicted octanol–water partition coefficient (Wildman–Crippen LogP) is 4.88. The highest BCUT2D eigenvalue weighted by Gasteiger charge is 2.22. The summed E-state index contributed by atoms with van der Waals surface area (Å²) in [6.45, 7) is 5.62. The van der Waals surface area contributed by atoms with Gasteiger partial charge in [0.15, 0.2) is 0 Å². The average molecular weight is 397 g/mol. The van der Waals surface area contributed by atoms with E-state index in [0.29, 0.717) is 19.7 Å². The number of carbonyl (C=O) groups excluding carboxylic acids is 1. The fourth-order valence-electron chi connectivity index (χ4n) is 4.09. The van der Waals surface area contributed by atoms with Gasteiger partial charge in [0, 0.05) is 17.7 Å². The zero-order valence-electron chi connectivity index (χ0n) is 17.1. The summed E-state index contributed by atoms with van der Waals surface area (Å²) >= 11 is 0. The average Bonchev–Trinajstić information content (AvgIpc) is 3.10. The molecule has 0 bridgehead atoms. The topological polar surface area (TPSA) is 58.2 Å². The van der Waals surface area contributed by atoms with E-state index in [1.54, 1.807) is 6.33 Å². The number of carbonyl (C=O) groups is 1. The number of nitrogens with one attached hydrogen (secondary N) is 1. The van der Waals surface area contributed by atoms with E-state index >= 15 is 0 Å². The summed E-state index contributed by atoms with van der Waals surface area (Å²) in [7, 11) is 0. The van der Waals surface area contributed by atoms with Crippen molar-refractivity contribution in [2.75, 3.05) is 13.2 Å². The number of H-pyrrole nitrogens is 1. The molecule has 0 radical (unpaired) electrons. The van der Waals surface area contributed by atoms with Crippen LogP contribution in [0.15, 0.2) is 60.9 Å². The molecule has 0 saturated carbocycles. The Morgan fingerprint density at radius 3 is 2.73 bits per heavy atom. The van der Waals surface area contributed by atoms with Crippen molar-refractivity contribution in [1.82, 2.24) is 14.9 Å². The molecule has 0 fully saturated rings. The minimum absolute atomic E-state index is 0.0493. The Hall–Kier alpha value is -3.60. The third-order valence-corrected chi connectivity index (χ3v) is 5.69. The molecule has 4 aromatic rings. The molecule has 0 aliphatic carbocycles. The minimum Gasteiger partial charge on any atom is -0.491 e. The standard InChI is InChI=1S/C25H23N3O2/c1-16-3-6-21(17(2)11-16)25(29)28-9-10-30-24-8-5-18(12-20(24)14-28)19-4-7-22-23(13-19)27-15-26-22/h3-8,11-13,15H,9-10,14H2,1-2H3,(H,26,27). The number of hydrogen-bond acceptors (Lipinski definition) is 3. The molecule has 30 heavy (non-hydrogen) atoms. The van der Waals surface area contributed by atoms with Crippen LogP contribution in [0.2, 0.25) is 0 Å². The predicted molar refractivity (Wildman–Crippen MR) is 118 cm³/mol.